The van der Waals surface area contributed by atoms with E-state index in [9.17, 15) is 4.39 Å². The molecule has 1 aromatic carbocycles. The van der Waals surface area contributed by atoms with Gasteiger partial charge in [-0.1, -0.05) is 31.5 Å². The third-order valence-corrected chi connectivity index (χ3v) is 4.07. The monoisotopic (exact) mass is 328 g/mol. The lowest BCUT2D eigenvalue weighted by Crippen LogP contribution is -2.07. The number of halogens is 3. The molecule has 1 atom stereocenters. The molecule has 0 aliphatic heterocycles. The first-order valence-electron chi connectivity index (χ1n) is 7.14. The molecule has 0 fully saturated rings. The molecule has 0 N–H and O–H groups in total. The van der Waals surface area contributed by atoms with Crippen LogP contribution in [0.1, 0.15) is 48.7 Å². The Morgan fingerprint density at radius 3 is 2.52 bits per heavy atom. The van der Waals surface area contributed by atoms with E-state index in [0.29, 0.717) is 6.54 Å². The molecule has 0 spiro atoms. The van der Waals surface area contributed by atoms with Crippen molar-refractivity contribution in [2.75, 3.05) is 0 Å². The van der Waals surface area contributed by atoms with Crippen LogP contribution in [0.2, 0.25) is 5.02 Å². The summed E-state index contributed by atoms with van der Waals surface area (Å²) in [5, 5.41) is 4.73. The van der Waals surface area contributed by atoms with Gasteiger partial charge in [0.2, 0.25) is 0 Å². The summed E-state index contributed by atoms with van der Waals surface area (Å²) in [6.45, 7) is 6.70. The SMILES string of the molecule is CCc1nn(Cc2ccc(F)c(Cl)c2)c(CC)c1C(C)Cl. The second-order valence-corrected chi connectivity index (χ2v) is 6.10. The first-order valence-corrected chi connectivity index (χ1v) is 7.95. The van der Waals surface area contributed by atoms with Crippen LogP contribution in [0.15, 0.2) is 18.2 Å². The van der Waals surface area contributed by atoms with E-state index in [1.807, 2.05) is 11.6 Å². The van der Waals surface area contributed by atoms with Crippen molar-refractivity contribution in [3.8, 4) is 0 Å². The van der Waals surface area contributed by atoms with Gasteiger partial charge in [-0.15, -0.1) is 11.6 Å². The fraction of sp³-hybridized carbons (Fsp3) is 0.438. The van der Waals surface area contributed by atoms with Gasteiger partial charge in [0.25, 0.3) is 0 Å². The van der Waals surface area contributed by atoms with E-state index in [4.69, 9.17) is 23.2 Å². The van der Waals surface area contributed by atoms with Crippen LogP contribution in [-0.4, -0.2) is 9.78 Å². The maximum Gasteiger partial charge on any atom is 0.141 e. The summed E-state index contributed by atoms with van der Waals surface area (Å²) in [6, 6.07) is 4.77. The maximum absolute atomic E-state index is 13.2. The van der Waals surface area contributed by atoms with Crippen LogP contribution in [0.25, 0.3) is 0 Å². The normalized spacial score (nSPS) is 12.7. The van der Waals surface area contributed by atoms with Crippen molar-refractivity contribution in [2.24, 2.45) is 0 Å². The van der Waals surface area contributed by atoms with E-state index in [0.717, 1.165) is 35.4 Å². The average molecular weight is 329 g/mol. The number of aromatic nitrogens is 2. The summed E-state index contributed by atoms with van der Waals surface area (Å²) in [6.07, 6.45) is 1.70. The van der Waals surface area contributed by atoms with Gasteiger partial charge >= 0.3 is 0 Å². The third-order valence-electron chi connectivity index (χ3n) is 3.56. The van der Waals surface area contributed by atoms with Crippen LogP contribution in [0.3, 0.4) is 0 Å². The minimum atomic E-state index is -0.402. The van der Waals surface area contributed by atoms with E-state index in [2.05, 4.69) is 18.9 Å². The van der Waals surface area contributed by atoms with Crippen molar-refractivity contribution >= 4 is 23.2 Å². The number of benzene rings is 1. The van der Waals surface area contributed by atoms with Crippen LogP contribution in [-0.2, 0) is 19.4 Å². The van der Waals surface area contributed by atoms with Crippen molar-refractivity contribution < 1.29 is 4.39 Å². The number of alkyl halides is 1. The molecule has 0 aliphatic rings. The smallest absolute Gasteiger partial charge is 0.141 e. The molecule has 0 saturated carbocycles. The van der Waals surface area contributed by atoms with Gasteiger partial charge in [0, 0.05) is 11.3 Å². The quantitative estimate of drug-likeness (QED) is 0.694. The standard InChI is InChI=1S/C16H19Cl2FN2/c1-4-14-16(10(3)17)15(5-2)21(20-14)9-11-6-7-13(19)12(18)8-11/h6-8,10H,4-5,9H2,1-3H3. The summed E-state index contributed by atoms with van der Waals surface area (Å²) >= 11 is 12.2. The van der Waals surface area contributed by atoms with Gasteiger partial charge in [0.05, 0.1) is 22.6 Å². The van der Waals surface area contributed by atoms with Crippen molar-refractivity contribution in [2.45, 2.75) is 45.5 Å². The Kier molecular flexibility index (Phi) is 5.28. The Labute approximate surface area is 134 Å². The van der Waals surface area contributed by atoms with Gasteiger partial charge < -0.3 is 0 Å². The average Bonchev–Trinajstić information content (AvgIpc) is 2.80. The predicted molar refractivity (Wildman–Crippen MR) is 85.8 cm³/mol. The maximum atomic E-state index is 13.2. The molecule has 0 bridgehead atoms. The molecule has 0 amide bonds. The molecule has 21 heavy (non-hydrogen) atoms. The molecule has 0 aliphatic carbocycles. The van der Waals surface area contributed by atoms with Gasteiger partial charge in [0.15, 0.2) is 0 Å². The predicted octanol–water partition coefficient (Wildman–Crippen LogP) is 5.15. The zero-order valence-electron chi connectivity index (χ0n) is 12.5. The second kappa shape index (κ2) is 6.80. The Morgan fingerprint density at radius 1 is 1.29 bits per heavy atom. The van der Waals surface area contributed by atoms with Gasteiger partial charge in [-0.05, 0) is 37.5 Å². The molecule has 0 radical (unpaired) electrons. The molecule has 2 rings (SSSR count). The lowest BCUT2D eigenvalue weighted by Gasteiger charge is -2.10. The summed E-state index contributed by atoms with van der Waals surface area (Å²) in [5.41, 5.74) is 4.21. The molecule has 5 heteroatoms. The van der Waals surface area contributed by atoms with Crippen molar-refractivity contribution in [1.29, 1.82) is 0 Å². The van der Waals surface area contributed by atoms with E-state index in [-0.39, 0.29) is 10.4 Å². The number of aryl methyl sites for hydroxylation is 1. The van der Waals surface area contributed by atoms with Gasteiger partial charge in [-0.25, -0.2) is 4.39 Å². The number of hydrogen-bond acceptors (Lipinski definition) is 1. The van der Waals surface area contributed by atoms with Crippen molar-refractivity contribution in [3.05, 3.63) is 51.6 Å². The topological polar surface area (TPSA) is 17.8 Å². The lowest BCUT2D eigenvalue weighted by atomic mass is 10.1. The lowest BCUT2D eigenvalue weighted by molar-refractivity contribution is 0.619. The molecular formula is C16H19Cl2FN2. The fourth-order valence-corrected chi connectivity index (χ4v) is 3.06. The second-order valence-electron chi connectivity index (χ2n) is 5.04. The number of hydrogen-bond donors (Lipinski definition) is 0. The summed E-state index contributed by atoms with van der Waals surface area (Å²) in [5.74, 6) is -0.402. The Bertz CT molecular complexity index is 635. The molecular weight excluding hydrogens is 310 g/mol. The number of rotatable bonds is 5. The Morgan fingerprint density at radius 2 is 2.00 bits per heavy atom. The Hall–Kier alpha value is -1.06. The molecule has 1 aromatic heterocycles. The first kappa shape index (κ1) is 16.3. The van der Waals surface area contributed by atoms with Crippen LogP contribution < -0.4 is 0 Å². The van der Waals surface area contributed by atoms with Gasteiger partial charge in [0.1, 0.15) is 5.82 Å². The minimum Gasteiger partial charge on any atom is -0.265 e. The first-order chi connectivity index (χ1) is 9.97. The molecule has 1 heterocycles. The highest BCUT2D eigenvalue weighted by Gasteiger charge is 2.19. The summed E-state index contributed by atoms with van der Waals surface area (Å²) < 4.78 is 15.2. The van der Waals surface area contributed by atoms with E-state index in [1.165, 1.54) is 6.07 Å². The zero-order chi connectivity index (χ0) is 15.6. The van der Waals surface area contributed by atoms with Crippen LogP contribution in [0.4, 0.5) is 4.39 Å². The van der Waals surface area contributed by atoms with Crippen molar-refractivity contribution in [3.63, 3.8) is 0 Å². The molecule has 1 unspecified atom stereocenters. The minimum absolute atomic E-state index is 0.0690. The van der Waals surface area contributed by atoms with Crippen LogP contribution >= 0.6 is 23.2 Å². The Balaban J connectivity index is 2.41. The van der Waals surface area contributed by atoms with E-state index < -0.39 is 5.82 Å². The molecule has 2 nitrogen and oxygen atoms in total. The van der Waals surface area contributed by atoms with E-state index in [1.54, 1.807) is 12.1 Å². The number of nitrogens with zero attached hydrogens (tertiary/aromatic N) is 2. The highest BCUT2D eigenvalue weighted by atomic mass is 35.5. The van der Waals surface area contributed by atoms with Crippen molar-refractivity contribution in [1.82, 2.24) is 9.78 Å². The summed E-state index contributed by atoms with van der Waals surface area (Å²) in [7, 11) is 0. The van der Waals surface area contributed by atoms with Gasteiger partial charge in [-0.3, -0.25) is 4.68 Å². The summed E-state index contributed by atoms with van der Waals surface area (Å²) in [4.78, 5) is 0. The highest BCUT2D eigenvalue weighted by Crippen LogP contribution is 2.28. The zero-order valence-corrected chi connectivity index (χ0v) is 14.0. The van der Waals surface area contributed by atoms with Crippen LogP contribution in [0, 0.1) is 5.82 Å². The highest BCUT2D eigenvalue weighted by molar-refractivity contribution is 6.30. The molecule has 2 aromatic rings. The van der Waals surface area contributed by atoms with Crippen LogP contribution in [0.5, 0.6) is 0 Å². The van der Waals surface area contributed by atoms with Gasteiger partial charge in [-0.2, -0.15) is 5.10 Å². The fourth-order valence-electron chi connectivity index (χ4n) is 2.60. The third kappa shape index (κ3) is 3.41. The van der Waals surface area contributed by atoms with E-state index >= 15 is 0 Å². The molecule has 114 valence electrons. The largest absolute Gasteiger partial charge is 0.265 e. The molecule has 0 saturated heterocycles.